The van der Waals surface area contributed by atoms with Crippen molar-refractivity contribution >= 4 is 21.6 Å². The summed E-state index contributed by atoms with van der Waals surface area (Å²) in [6.07, 6.45) is 1.66. The first-order valence-electron chi connectivity index (χ1n) is 11.1. The summed E-state index contributed by atoms with van der Waals surface area (Å²) >= 11 is 0. The quantitative estimate of drug-likeness (QED) is 0.526. The number of nitrogens with one attached hydrogen (secondary N) is 1. The van der Waals surface area contributed by atoms with Gasteiger partial charge < -0.3 is 14.8 Å². The highest BCUT2D eigenvalue weighted by Gasteiger charge is 2.26. The Morgan fingerprint density at radius 2 is 1.74 bits per heavy atom. The fraction of sp³-hybridized carbons (Fsp3) is 0.333. The van der Waals surface area contributed by atoms with E-state index in [2.05, 4.69) is 24.3 Å². The molecule has 2 aromatic carbocycles. The molecule has 0 spiro atoms. The highest BCUT2D eigenvalue weighted by atomic mass is 32.2. The number of ether oxygens (including phenoxy) is 2. The summed E-state index contributed by atoms with van der Waals surface area (Å²) in [5.74, 6) is 0.772. The van der Waals surface area contributed by atoms with Crippen molar-refractivity contribution in [1.82, 2.24) is 14.1 Å². The van der Waals surface area contributed by atoms with Gasteiger partial charge in [-0.1, -0.05) is 26.0 Å². The first-order chi connectivity index (χ1) is 16.3. The zero-order chi connectivity index (χ0) is 24.1. The van der Waals surface area contributed by atoms with Crippen LogP contribution in [0.2, 0.25) is 0 Å². The van der Waals surface area contributed by atoms with Gasteiger partial charge in [0.2, 0.25) is 10.0 Å². The van der Waals surface area contributed by atoms with Crippen LogP contribution in [0, 0.1) is 0 Å². The molecule has 1 aliphatic heterocycles. The van der Waals surface area contributed by atoms with Crippen LogP contribution in [0.25, 0.3) is 0 Å². The minimum atomic E-state index is -3.58. The number of hydrogen-bond donors (Lipinski definition) is 1. The minimum Gasteiger partial charge on any atom is -0.471 e. The number of hydrogen-bond acceptors (Lipinski definition) is 6. The molecule has 1 aromatic heterocycles. The standard InChI is InChI=1S/C24H28N4O5S/c1-18(2)19-3-7-21(8-4-19)33-17-27-12-11-23(26-27)24(29)25-20-5-9-22(10-6-20)34(30,31)28-13-15-32-16-14-28/h3-12,18H,13-17H2,1-2H3,(H,25,29). The first kappa shape index (κ1) is 23.9. The maximum absolute atomic E-state index is 12.7. The smallest absolute Gasteiger partial charge is 0.276 e. The number of rotatable bonds is 8. The Labute approximate surface area is 199 Å². The maximum atomic E-state index is 12.7. The molecule has 2 heterocycles. The van der Waals surface area contributed by atoms with E-state index < -0.39 is 15.9 Å². The van der Waals surface area contributed by atoms with Gasteiger partial charge in [0.1, 0.15) is 5.75 Å². The number of nitrogens with zero attached hydrogens (tertiary/aromatic N) is 3. The van der Waals surface area contributed by atoms with Gasteiger partial charge in [-0.3, -0.25) is 4.79 Å². The van der Waals surface area contributed by atoms with E-state index in [1.807, 2.05) is 24.3 Å². The third-order valence-corrected chi connectivity index (χ3v) is 7.42. The number of carbonyl (C=O) groups excluding carboxylic acids is 1. The zero-order valence-electron chi connectivity index (χ0n) is 19.2. The van der Waals surface area contributed by atoms with Crippen LogP contribution in [-0.2, 0) is 21.5 Å². The molecular weight excluding hydrogens is 456 g/mol. The van der Waals surface area contributed by atoms with Crippen LogP contribution in [-0.4, -0.2) is 54.7 Å². The van der Waals surface area contributed by atoms with Gasteiger partial charge in [0, 0.05) is 25.0 Å². The molecule has 180 valence electrons. The van der Waals surface area contributed by atoms with Crippen LogP contribution in [0.3, 0.4) is 0 Å². The lowest BCUT2D eigenvalue weighted by Crippen LogP contribution is -2.40. The summed E-state index contributed by atoms with van der Waals surface area (Å²) in [7, 11) is -3.58. The normalized spacial score (nSPS) is 14.8. The molecule has 0 radical (unpaired) electrons. The minimum absolute atomic E-state index is 0.169. The van der Waals surface area contributed by atoms with Crippen LogP contribution in [0.5, 0.6) is 5.75 Å². The Morgan fingerprint density at radius 3 is 2.38 bits per heavy atom. The molecule has 34 heavy (non-hydrogen) atoms. The van der Waals surface area contributed by atoms with Crippen molar-refractivity contribution in [3.63, 3.8) is 0 Å². The van der Waals surface area contributed by atoms with Gasteiger partial charge in [-0.15, -0.1) is 0 Å². The van der Waals surface area contributed by atoms with Gasteiger partial charge in [-0.25, -0.2) is 13.1 Å². The summed E-state index contributed by atoms with van der Waals surface area (Å²) in [6, 6.07) is 15.6. The van der Waals surface area contributed by atoms with Crippen molar-refractivity contribution in [2.75, 3.05) is 31.6 Å². The summed E-state index contributed by atoms with van der Waals surface area (Å²) in [6.45, 7) is 5.86. The van der Waals surface area contributed by atoms with E-state index in [1.165, 1.54) is 26.7 Å². The van der Waals surface area contributed by atoms with E-state index in [0.717, 1.165) is 5.75 Å². The van der Waals surface area contributed by atoms with E-state index in [0.29, 0.717) is 37.9 Å². The van der Waals surface area contributed by atoms with Crippen molar-refractivity contribution < 1.29 is 22.7 Å². The Balaban J connectivity index is 1.33. The number of anilines is 1. The van der Waals surface area contributed by atoms with Crippen LogP contribution < -0.4 is 10.1 Å². The molecule has 10 heteroatoms. The number of aromatic nitrogens is 2. The number of benzene rings is 2. The average Bonchev–Trinajstić information content (AvgIpc) is 3.33. The summed E-state index contributed by atoms with van der Waals surface area (Å²) < 4.78 is 39.3. The number of amides is 1. The fourth-order valence-electron chi connectivity index (χ4n) is 3.49. The number of morpholine rings is 1. The maximum Gasteiger partial charge on any atom is 0.276 e. The van der Waals surface area contributed by atoms with E-state index in [-0.39, 0.29) is 17.3 Å². The Bertz CT molecular complexity index is 1220. The molecule has 1 N–H and O–H groups in total. The van der Waals surface area contributed by atoms with Crippen molar-refractivity contribution in [2.45, 2.75) is 31.4 Å². The van der Waals surface area contributed by atoms with E-state index >= 15 is 0 Å². The van der Waals surface area contributed by atoms with Crippen LogP contribution in [0.1, 0.15) is 35.8 Å². The van der Waals surface area contributed by atoms with E-state index in [9.17, 15) is 13.2 Å². The molecule has 1 fully saturated rings. The van der Waals surface area contributed by atoms with Crippen LogP contribution in [0.15, 0.2) is 65.7 Å². The zero-order valence-corrected chi connectivity index (χ0v) is 20.0. The summed E-state index contributed by atoms with van der Waals surface area (Å²) in [4.78, 5) is 12.7. The average molecular weight is 485 g/mol. The fourth-order valence-corrected chi connectivity index (χ4v) is 4.89. The van der Waals surface area contributed by atoms with Gasteiger partial charge in [-0.2, -0.15) is 9.40 Å². The van der Waals surface area contributed by atoms with Gasteiger partial charge >= 0.3 is 0 Å². The predicted octanol–water partition coefficient (Wildman–Crippen LogP) is 3.32. The molecule has 9 nitrogen and oxygen atoms in total. The monoisotopic (exact) mass is 484 g/mol. The topological polar surface area (TPSA) is 103 Å². The Morgan fingerprint density at radius 1 is 1.06 bits per heavy atom. The molecule has 4 rings (SSSR count). The third kappa shape index (κ3) is 5.64. The molecule has 0 saturated carbocycles. The third-order valence-electron chi connectivity index (χ3n) is 5.50. The molecule has 0 aliphatic carbocycles. The molecule has 0 unspecified atom stereocenters. The Hall–Kier alpha value is -3.21. The molecule has 1 saturated heterocycles. The van der Waals surface area contributed by atoms with Crippen molar-refractivity contribution in [2.24, 2.45) is 0 Å². The van der Waals surface area contributed by atoms with Gasteiger partial charge in [0.05, 0.1) is 18.1 Å². The van der Waals surface area contributed by atoms with Crippen molar-refractivity contribution in [1.29, 1.82) is 0 Å². The summed E-state index contributed by atoms with van der Waals surface area (Å²) in [5, 5.41) is 6.99. The first-order valence-corrected chi connectivity index (χ1v) is 12.5. The molecule has 3 aromatic rings. The highest BCUT2D eigenvalue weighted by Crippen LogP contribution is 2.20. The van der Waals surface area contributed by atoms with Crippen molar-refractivity contribution in [3.8, 4) is 5.75 Å². The predicted molar refractivity (Wildman–Crippen MR) is 127 cm³/mol. The number of carbonyl (C=O) groups is 1. The van der Waals surface area contributed by atoms with E-state index in [1.54, 1.807) is 24.4 Å². The lowest BCUT2D eigenvalue weighted by atomic mass is 10.0. The molecule has 1 amide bonds. The second-order valence-corrected chi connectivity index (χ2v) is 10.2. The van der Waals surface area contributed by atoms with Crippen LogP contribution >= 0.6 is 0 Å². The largest absolute Gasteiger partial charge is 0.471 e. The van der Waals surface area contributed by atoms with Crippen molar-refractivity contribution in [3.05, 3.63) is 72.1 Å². The lowest BCUT2D eigenvalue weighted by Gasteiger charge is -2.26. The number of sulfonamides is 1. The highest BCUT2D eigenvalue weighted by molar-refractivity contribution is 7.89. The molecule has 1 aliphatic rings. The van der Waals surface area contributed by atoms with Gasteiger partial charge in [0.25, 0.3) is 5.91 Å². The SMILES string of the molecule is CC(C)c1ccc(OCn2ccc(C(=O)Nc3ccc(S(=O)(=O)N4CCOCC4)cc3)n2)cc1. The second-order valence-electron chi connectivity index (χ2n) is 8.23. The van der Waals surface area contributed by atoms with Crippen LogP contribution in [0.4, 0.5) is 5.69 Å². The Kier molecular flexibility index (Phi) is 7.30. The molecule has 0 atom stereocenters. The molecule has 0 bridgehead atoms. The van der Waals surface area contributed by atoms with E-state index in [4.69, 9.17) is 9.47 Å². The molecular formula is C24H28N4O5S. The summed E-state index contributed by atoms with van der Waals surface area (Å²) in [5.41, 5.74) is 1.93. The second kappa shape index (κ2) is 10.4. The van der Waals surface area contributed by atoms with Gasteiger partial charge in [0.15, 0.2) is 12.4 Å². The lowest BCUT2D eigenvalue weighted by molar-refractivity contribution is 0.0730. The van der Waals surface area contributed by atoms with Gasteiger partial charge in [-0.05, 0) is 53.9 Å².